The molecule has 2 aromatic rings. The van der Waals surface area contributed by atoms with Crippen LogP contribution < -0.4 is 0 Å². The summed E-state index contributed by atoms with van der Waals surface area (Å²) in [4.78, 5) is 3.94. The Labute approximate surface area is 126 Å². The molecule has 0 radical (unpaired) electrons. The largest absolute Gasteiger partial charge is 0.311 e. The lowest BCUT2D eigenvalue weighted by Gasteiger charge is -1.98. The third-order valence-corrected chi connectivity index (χ3v) is 2.93. The van der Waals surface area contributed by atoms with Gasteiger partial charge in [0, 0.05) is 16.7 Å². The molecule has 0 aliphatic rings. The van der Waals surface area contributed by atoms with Crippen molar-refractivity contribution in [2.45, 2.75) is 13.8 Å². The molecule has 0 heterocycles. The molecule has 2 aromatic carbocycles. The van der Waals surface area contributed by atoms with Crippen molar-refractivity contribution < 1.29 is 0 Å². The van der Waals surface area contributed by atoms with Crippen molar-refractivity contribution in [3.8, 4) is 29.8 Å². The highest BCUT2D eigenvalue weighted by atomic mass is 14.6. The molecule has 0 aliphatic heterocycles. The van der Waals surface area contributed by atoms with E-state index in [0.717, 1.165) is 22.3 Å². The first-order valence-electron chi connectivity index (χ1n) is 6.74. The van der Waals surface area contributed by atoms with Crippen molar-refractivity contribution in [3.63, 3.8) is 0 Å². The lowest BCUT2D eigenvalue weighted by atomic mass is 10.0. The Morgan fingerprint density at radius 2 is 1.48 bits per heavy atom. The Hall–Kier alpha value is -2.95. The average Bonchev–Trinajstić information content (AvgIpc) is 2.48. The summed E-state index contributed by atoms with van der Waals surface area (Å²) >= 11 is 0. The summed E-state index contributed by atoms with van der Waals surface area (Å²) in [5.41, 5.74) is 4.92. The van der Waals surface area contributed by atoms with E-state index >= 15 is 0 Å². The van der Waals surface area contributed by atoms with Crippen molar-refractivity contribution >= 4 is 0 Å². The highest BCUT2D eigenvalue weighted by Crippen LogP contribution is 2.11. The predicted octanol–water partition coefficient (Wildman–Crippen LogP) is 4.08. The quantitative estimate of drug-likeness (QED) is 0.635. The van der Waals surface area contributed by atoms with E-state index in [0.29, 0.717) is 0 Å². The van der Waals surface area contributed by atoms with E-state index in [-0.39, 0.29) is 0 Å². The molecule has 0 amide bonds. The molecule has 0 fully saturated rings. The standard InChI is InChI=1S/C20H16N/c1-4-7-19-14-16(2)10-11-18(19)13-12-17-8-5-6-9-20(17)15-21-3/h5-6,8-11,14H,1-3H3/q+1. The van der Waals surface area contributed by atoms with Crippen molar-refractivity contribution in [3.05, 3.63) is 75.1 Å². The molecule has 0 saturated heterocycles. The zero-order valence-electron chi connectivity index (χ0n) is 12.5. The fourth-order valence-electron chi connectivity index (χ4n) is 1.95. The van der Waals surface area contributed by atoms with Gasteiger partial charge in [0.1, 0.15) is 5.56 Å². The monoisotopic (exact) mass is 270 g/mol. The molecular formula is C20H16N+. The van der Waals surface area contributed by atoms with Gasteiger partial charge in [-0.3, -0.25) is 0 Å². The average molecular weight is 270 g/mol. The van der Waals surface area contributed by atoms with E-state index in [4.69, 9.17) is 0 Å². The Morgan fingerprint density at radius 3 is 2.14 bits per heavy atom. The third kappa shape index (κ3) is 3.76. The van der Waals surface area contributed by atoms with Crippen LogP contribution >= 0.6 is 0 Å². The van der Waals surface area contributed by atoms with Gasteiger partial charge in [-0.05, 0) is 43.7 Å². The van der Waals surface area contributed by atoms with Crippen molar-refractivity contribution in [2.24, 2.45) is 0 Å². The van der Waals surface area contributed by atoms with E-state index in [1.54, 1.807) is 7.05 Å². The van der Waals surface area contributed by atoms with Crippen LogP contribution in [0.4, 0.5) is 0 Å². The van der Waals surface area contributed by atoms with Crippen LogP contribution in [-0.4, -0.2) is 7.05 Å². The summed E-state index contributed by atoms with van der Waals surface area (Å²) in [6, 6.07) is 16.9. The second-order valence-electron chi connectivity index (χ2n) is 4.56. The predicted molar refractivity (Wildman–Crippen MR) is 88.4 cm³/mol. The molecule has 0 unspecified atom stereocenters. The molecule has 0 aliphatic carbocycles. The van der Waals surface area contributed by atoms with Crippen LogP contribution in [0.15, 0.2) is 42.5 Å². The number of hydrogen-bond acceptors (Lipinski definition) is 0. The summed E-state index contributed by atoms with van der Waals surface area (Å²) in [7, 11) is 1.71. The number of hydrogen-bond donors (Lipinski definition) is 0. The number of aryl methyl sites for hydroxylation is 1. The molecule has 0 N–H and O–H groups in total. The van der Waals surface area contributed by atoms with Gasteiger partial charge in [-0.2, -0.15) is 0 Å². The molecular weight excluding hydrogens is 254 g/mol. The Morgan fingerprint density at radius 1 is 0.810 bits per heavy atom. The second-order valence-corrected chi connectivity index (χ2v) is 4.56. The number of rotatable bonds is 0. The van der Waals surface area contributed by atoms with E-state index in [1.807, 2.05) is 37.3 Å². The molecule has 0 saturated carbocycles. The summed E-state index contributed by atoms with van der Waals surface area (Å²) in [5, 5.41) is 0. The lowest BCUT2D eigenvalue weighted by molar-refractivity contribution is 1.43. The smallest absolute Gasteiger partial charge is 0.101 e. The lowest BCUT2D eigenvalue weighted by Crippen LogP contribution is -1.87. The Balaban J connectivity index is 2.48. The van der Waals surface area contributed by atoms with Crippen LogP contribution in [0.1, 0.15) is 34.7 Å². The van der Waals surface area contributed by atoms with Crippen LogP contribution in [0.3, 0.4) is 0 Å². The minimum atomic E-state index is 0.905. The summed E-state index contributed by atoms with van der Waals surface area (Å²) in [5.74, 6) is 12.4. The highest BCUT2D eigenvalue weighted by molar-refractivity contribution is 5.56. The molecule has 0 atom stereocenters. The molecule has 0 spiro atoms. The van der Waals surface area contributed by atoms with Gasteiger partial charge in [0.05, 0.1) is 0 Å². The van der Waals surface area contributed by atoms with Crippen LogP contribution in [-0.2, 0) is 0 Å². The molecule has 21 heavy (non-hydrogen) atoms. The first-order chi connectivity index (χ1) is 10.2. The SMILES string of the molecule is CC#Cc1cc(C)ccc1C#Cc1ccccc1C#[N+]C. The molecule has 100 valence electrons. The van der Waals surface area contributed by atoms with Crippen LogP contribution in [0.5, 0.6) is 0 Å². The number of benzene rings is 2. The molecule has 0 bridgehead atoms. The van der Waals surface area contributed by atoms with Crippen LogP contribution in [0.2, 0.25) is 0 Å². The Kier molecular flexibility index (Phi) is 4.82. The van der Waals surface area contributed by atoms with Crippen LogP contribution in [0.25, 0.3) is 4.85 Å². The van der Waals surface area contributed by atoms with Gasteiger partial charge in [0.25, 0.3) is 7.05 Å². The summed E-state index contributed by atoms with van der Waals surface area (Å²) in [6.07, 6.45) is 0. The van der Waals surface area contributed by atoms with Crippen LogP contribution in [0, 0.1) is 36.7 Å². The third-order valence-electron chi connectivity index (χ3n) is 2.93. The van der Waals surface area contributed by atoms with Gasteiger partial charge >= 0.3 is 6.07 Å². The van der Waals surface area contributed by atoms with Gasteiger partial charge in [0.2, 0.25) is 0 Å². The minimum absolute atomic E-state index is 0.905. The summed E-state index contributed by atoms with van der Waals surface area (Å²) < 4.78 is 0. The van der Waals surface area contributed by atoms with Gasteiger partial charge in [-0.25, -0.2) is 0 Å². The Bertz CT molecular complexity index is 840. The second kappa shape index (κ2) is 7.00. The normalized spacial score (nSPS) is 8.52. The van der Waals surface area contributed by atoms with Gasteiger partial charge in [0.15, 0.2) is 0 Å². The van der Waals surface area contributed by atoms with E-state index in [2.05, 4.69) is 53.7 Å². The fourth-order valence-corrected chi connectivity index (χ4v) is 1.95. The first kappa shape index (κ1) is 14.5. The van der Waals surface area contributed by atoms with E-state index < -0.39 is 0 Å². The van der Waals surface area contributed by atoms with E-state index in [9.17, 15) is 0 Å². The maximum absolute atomic E-state index is 3.94. The topological polar surface area (TPSA) is 4.36 Å². The van der Waals surface area contributed by atoms with Crippen molar-refractivity contribution in [2.75, 3.05) is 7.05 Å². The van der Waals surface area contributed by atoms with Gasteiger partial charge in [-0.15, -0.1) is 5.92 Å². The van der Waals surface area contributed by atoms with E-state index in [1.165, 1.54) is 5.56 Å². The van der Waals surface area contributed by atoms with Crippen molar-refractivity contribution in [1.29, 1.82) is 0 Å². The molecule has 1 heteroatoms. The van der Waals surface area contributed by atoms with Gasteiger partial charge in [-0.1, -0.05) is 40.8 Å². The zero-order valence-corrected chi connectivity index (χ0v) is 12.5. The fraction of sp³-hybridized carbons (Fsp3) is 0.150. The molecule has 0 aromatic heterocycles. The minimum Gasteiger partial charge on any atom is -0.101 e. The highest BCUT2D eigenvalue weighted by Gasteiger charge is 2.01. The van der Waals surface area contributed by atoms with Gasteiger partial charge < -0.3 is 0 Å². The first-order valence-corrected chi connectivity index (χ1v) is 6.74. The maximum atomic E-state index is 3.94. The van der Waals surface area contributed by atoms with Crippen molar-refractivity contribution in [1.82, 2.24) is 0 Å². The zero-order chi connectivity index (χ0) is 15.1. The summed E-state index contributed by atoms with van der Waals surface area (Å²) in [6.45, 7) is 3.89. The number of nitrogens with zero attached hydrogens (tertiary/aromatic N) is 1. The molecule has 2 rings (SSSR count). The maximum Gasteiger partial charge on any atom is 0.311 e. The molecule has 1 nitrogen and oxygen atoms in total.